The molecule has 0 saturated carbocycles. The van der Waals surface area contributed by atoms with Crippen LogP contribution in [0.15, 0.2) is 223 Å². The van der Waals surface area contributed by atoms with Crippen LogP contribution in [0, 0.1) is 0 Å². The second kappa shape index (κ2) is 15.9. The van der Waals surface area contributed by atoms with E-state index in [-0.39, 0.29) is 0 Å². The van der Waals surface area contributed by atoms with Crippen LogP contribution in [0.25, 0.3) is 82.6 Å². The second-order valence-corrected chi connectivity index (χ2v) is 16.1. The molecule has 3 heteroatoms. The Labute approximate surface area is 362 Å². The van der Waals surface area contributed by atoms with E-state index in [4.69, 9.17) is 9.98 Å². The molecule has 0 fully saturated rings. The highest BCUT2D eigenvalue weighted by Gasteiger charge is 2.16. The van der Waals surface area contributed by atoms with Gasteiger partial charge in [-0.2, -0.15) is 0 Å². The lowest BCUT2D eigenvalue weighted by atomic mass is 9.92. The minimum Gasteiger partial charge on any atom is -0.309 e. The number of rotatable bonds is 8. The maximum atomic E-state index is 5.21. The SMILES string of the molecule is C/C(=C\C(=N/c1ccccc1)c1ccc(-c2ccc3c(ccc4nc(C5=CCCC=C5)cc(-c5ccccc5)c43)c2)cc1)c1cccc(-n2c3ccccc3c3ccccc32)c1. The molecule has 11 rings (SSSR count). The van der Waals surface area contributed by atoms with Crippen molar-refractivity contribution in [1.29, 1.82) is 0 Å². The molecule has 0 N–H and O–H groups in total. The lowest BCUT2D eigenvalue weighted by Crippen LogP contribution is -1.99. The van der Waals surface area contributed by atoms with Gasteiger partial charge in [0.2, 0.25) is 0 Å². The Hall–Kier alpha value is -7.88. The molecule has 294 valence electrons. The summed E-state index contributed by atoms with van der Waals surface area (Å²) < 4.78 is 2.37. The van der Waals surface area contributed by atoms with E-state index in [1.54, 1.807) is 0 Å². The molecule has 2 heterocycles. The first-order valence-electron chi connectivity index (χ1n) is 21.5. The van der Waals surface area contributed by atoms with Gasteiger partial charge in [-0.05, 0) is 130 Å². The average molecular weight is 794 g/mol. The molecule has 62 heavy (non-hydrogen) atoms. The zero-order valence-corrected chi connectivity index (χ0v) is 34.5. The minimum atomic E-state index is 0.910. The molecule has 2 aromatic heterocycles. The number of aromatic nitrogens is 2. The first-order valence-corrected chi connectivity index (χ1v) is 21.5. The third-order valence-electron chi connectivity index (χ3n) is 12.2. The molecule has 0 bridgehead atoms. The maximum absolute atomic E-state index is 5.21. The number of benzene rings is 8. The number of para-hydroxylation sites is 3. The Morgan fingerprint density at radius 1 is 0.565 bits per heavy atom. The molecule has 10 aromatic rings. The number of pyridine rings is 1. The minimum absolute atomic E-state index is 0.910. The Morgan fingerprint density at radius 2 is 1.27 bits per heavy atom. The van der Waals surface area contributed by atoms with Gasteiger partial charge in [-0.25, -0.2) is 9.98 Å². The third-order valence-corrected chi connectivity index (χ3v) is 12.2. The summed E-state index contributed by atoms with van der Waals surface area (Å²) in [6.07, 6.45) is 11.1. The fourth-order valence-corrected chi connectivity index (χ4v) is 9.08. The number of allylic oxidation sites excluding steroid dienone is 6. The van der Waals surface area contributed by atoms with Gasteiger partial charge in [0, 0.05) is 27.4 Å². The maximum Gasteiger partial charge on any atom is 0.0722 e. The molecule has 0 radical (unpaired) electrons. The molecule has 8 aromatic carbocycles. The summed E-state index contributed by atoms with van der Waals surface area (Å²) in [5.74, 6) is 0. The largest absolute Gasteiger partial charge is 0.309 e. The van der Waals surface area contributed by atoms with Crippen LogP contribution in [0.3, 0.4) is 0 Å². The number of hydrogen-bond donors (Lipinski definition) is 0. The van der Waals surface area contributed by atoms with Crippen molar-refractivity contribution in [3.05, 3.63) is 235 Å². The average Bonchev–Trinajstić information content (AvgIpc) is 3.68. The van der Waals surface area contributed by atoms with Gasteiger partial charge in [-0.15, -0.1) is 0 Å². The molecule has 0 aliphatic heterocycles. The highest BCUT2D eigenvalue weighted by atomic mass is 15.0. The normalized spacial score (nSPS) is 13.3. The van der Waals surface area contributed by atoms with Gasteiger partial charge in [0.15, 0.2) is 0 Å². The molecule has 1 aliphatic rings. The van der Waals surface area contributed by atoms with Gasteiger partial charge < -0.3 is 4.57 Å². The monoisotopic (exact) mass is 793 g/mol. The summed E-state index contributed by atoms with van der Waals surface area (Å²) in [5.41, 5.74) is 16.7. The van der Waals surface area contributed by atoms with Gasteiger partial charge in [-0.3, -0.25) is 0 Å². The van der Waals surface area contributed by atoms with Gasteiger partial charge >= 0.3 is 0 Å². The summed E-state index contributed by atoms with van der Waals surface area (Å²) in [5, 5.41) is 6.09. The van der Waals surface area contributed by atoms with Crippen molar-refractivity contribution in [3.8, 4) is 27.9 Å². The van der Waals surface area contributed by atoms with E-state index in [0.29, 0.717) is 0 Å². The fourth-order valence-electron chi connectivity index (χ4n) is 9.08. The molecule has 0 saturated heterocycles. The summed E-state index contributed by atoms with van der Waals surface area (Å²) in [4.78, 5) is 10.4. The van der Waals surface area contributed by atoms with E-state index in [9.17, 15) is 0 Å². The highest BCUT2D eigenvalue weighted by Crippen LogP contribution is 2.38. The number of aliphatic imine (C=N–C) groups is 1. The van der Waals surface area contributed by atoms with Gasteiger partial charge in [0.25, 0.3) is 0 Å². The summed E-state index contributed by atoms with van der Waals surface area (Å²) in [6.45, 7) is 2.18. The highest BCUT2D eigenvalue weighted by molar-refractivity contribution is 6.15. The third kappa shape index (κ3) is 6.94. The van der Waals surface area contributed by atoms with E-state index in [0.717, 1.165) is 63.4 Å². The molecule has 3 nitrogen and oxygen atoms in total. The van der Waals surface area contributed by atoms with E-state index < -0.39 is 0 Å². The van der Waals surface area contributed by atoms with Crippen molar-refractivity contribution in [1.82, 2.24) is 9.55 Å². The predicted molar refractivity (Wildman–Crippen MR) is 264 cm³/mol. The first kappa shape index (κ1) is 37.1. The number of nitrogens with zero attached hydrogens (tertiary/aromatic N) is 3. The predicted octanol–water partition coefficient (Wildman–Crippen LogP) is 15.8. The Balaban J connectivity index is 0.955. The van der Waals surface area contributed by atoms with E-state index in [2.05, 4.69) is 212 Å². The van der Waals surface area contributed by atoms with Gasteiger partial charge in [-0.1, -0.05) is 158 Å². The molecular weight excluding hydrogens is 751 g/mol. The van der Waals surface area contributed by atoms with Gasteiger partial charge in [0.05, 0.1) is 33.6 Å². The van der Waals surface area contributed by atoms with Crippen LogP contribution in [0.1, 0.15) is 36.6 Å². The van der Waals surface area contributed by atoms with Crippen molar-refractivity contribution >= 4 is 66.0 Å². The molecule has 1 aliphatic carbocycles. The molecule has 0 unspecified atom stereocenters. The second-order valence-electron chi connectivity index (χ2n) is 16.1. The lowest BCUT2D eigenvalue weighted by molar-refractivity contribution is 1.04. The van der Waals surface area contributed by atoms with Crippen LogP contribution in [-0.4, -0.2) is 15.3 Å². The van der Waals surface area contributed by atoms with Crippen LogP contribution < -0.4 is 0 Å². The van der Waals surface area contributed by atoms with Crippen LogP contribution in [0.2, 0.25) is 0 Å². The van der Waals surface area contributed by atoms with Crippen molar-refractivity contribution in [2.75, 3.05) is 0 Å². The molecule has 0 spiro atoms. The van der Waals surface area contributed by atoms with Crippen LogP contribution in [0.4, 0.5) is 5.69 Å². The lowest BCUT2D eigenvalue weighted by Gasteiger charge is -2.15. The van der Waals surface area contributed by atoms with Gasteiger partial charge in [0.1, 0.15) is 0 Å². The Morgan fingerprint density at radius 3 is 2.02 bits per heavy atom. The molecule has 0 amide bonds. The number of fused-ring (bicyclic) bond motifs is 6. The smallest absolute Gasteiger partial charge is 0.0722 e. The zero-order valence-electron chi connectivity index (χ0n) is 34.5. The van der Waals surface area contributed by atoms with E-state index in [1.807, 2.05) is 18.2 Å². The molecule has 0 atom stereocenters. The standard InChI is InChI=1S/C59H43N3/c1-40(45-20-15-23-49(38-45)62-57-26-13-11-24-51(57)52-25-12-14-27-58(52)62)36-55(60-48-21-9-4-10-22-48)44-30-28-41(29-31-44)46-32-34-50-47(37-46)33-35-54-59(50)53(42-16-5-2-6-17-42)39-56(61-54)43-18-7-3-8-19-43/h2,4-7,9-39H,3,8H2,1H3/b40-36+,60-55+. The quantitative estimate of drug-likeness (QED) is 0.111. The molecular formula is C59H43N3. The number of hydrogen-bond acceptors (Lipinski definition) is 2. The van der Waals surface area contributed by atoms with Crippen molar-refractivity contribution in [3.63, 3.8) is 0 Å². The van der Waals surface area contributed by atoms with Crippen molar-refractivity contribution in [2.24, 2.45) is 4.99 Å². The van der Waals surface area contributed by atoms with Crippen LogP contribution in [0.5, 0.6) is 0 Å². The first-order chi connectivity index (χ1) is 30.6. The van der Waals surface area contributed by atoms with Crippen molar-refractivity contribution < 1.29 is 0 Å². The topological polar surface area (TPSA) is 30.2 Å². The zero-order chi connectivity index (χ0) is 41.4. The van der Waals surface area contributed by atoms with Crippen LogP contribution >= 0.6 is 0 Å². The van der Waals surface area contributed by atoms with Crippen molar-refractivity contribution in [2.45, 2.75) is 19.8 Å². The van der Waals surface area contributed by atoms with E-state index >= 15 is 0 Å². The Bertz CT molecular complexity index is 3380. The summed E-state index contributed by atoms with van der Waals surface area (Å²) >= 11 is 0. The summed E-state index contributed by atoms with van der Waals surface area (Å²) in [6, 6.07) is 69.5. The van der Waals surface area contributed by atoms with E-state index in [1.165, 1.54) is 60.2 Å². The van der Waals surface area contributed by atoms with Crippen LogP contribution in [-0.2, 0) is 0 Å². The summed E-state index contributed by atoms with van der Waals surface area (Å²) in [7, 11) is 0. The fraction of sp³-hybridized carbons (Fsp3) is 0.0508. The Kier molecular flexibility index (Phi) is 9.55.